The van der Waals surface area contributed by atoms with Gasteiger partial charge in [-0.1, -0.05) is 12.2 Å². The van der Waals surface area contributed by atoms with Crippen LogP contribution in [0.4, 0.5) is 0 Å². The Labute approximate surface area is 119 Å². The molecule has 0 fully saturated rings. The highest BCUT2D eigenvalue weighted by Gasteiger charge is 2.02. The molecule has 0 atom stereocenters. The van der Waals surface area contributed by atoms with Gasteiger partial charge in [-0.05, 0) is 38.8 Å². The Morgan fingerprint density at radius 1 is 0.850 bits per heavy atom. The lowest BCUT2D eigenvalue weighted by molar-refractivity contribution is -0.123. The summed E-state index contributed by atoms with van der Waals surface area (Å²) in [6, 6.07) is 0. The third-order valence-electron chi connectivity index (χ3n) is 2.14. The van der Waals surface area contributed by atoms with Crippen molar-refractivity contribution in [2.24, 2.45) is 10.2 Å². The number of nitrogens with zero attached hydrogens (tertiary/aromatic N) is 2. The molecule has 0 rings (SSSR count). The molecule has 0 bridgehead atoms. The zero-order valence-electron chi connectivity index (χ0n) is 12.0. The molecule has 0 radical (unpaired) electrons. The van der Waals surface area contributed by atoms with Gasteiger partial charge in [0.05, 0.1) is 0 Å². The molecular weight excluding hydrogens is 256 g/mol. The van der Waals surface area contributed by atoms with Gasteiger partial charge in [-0.2, -0.15) is 10.2 Å². The lowest BCUT2D eigenvalue weighted by Crippen LogP contribution is -2.18. The van der Waals surface area contributed by atoms with E-state index >= 15 is 0 Å². The number of hydrazone groups is 2. The number of hydrogen-bond donors (Lipinski definition) is 2. The summed E-state index contributed by atoms with van der Waals surface area (Å²) in [6.45, 7) is 3.73. The maximum absolute atomic E-state index is 11.3. The summed E-state index contributed by atoms with van der Waals surface area (Å²) >= 11 is 0. The Hall–Kier alpha value is -2.24. The minimum absolute atomic E-state index is 0.155. The predicted octanol–water partition coefficient (Wildman–Crippen LogP) is 1.90. The number of carbonyl (C=O) groups is 2. The standard InChI is InChI=1S/C14H22N4O2/c1-3-5-11-15-17-13(19)9-7-8-10-14(20)18-16-12-6-4-2/h3-6,11-12H,7-10H2,1-2H3,(H,17,19)(H,18,20)/b5-3+,6-4+,15-11+,16-12+. The summed E-state index contributed by atoms with van der Waals surface area (Å²) in [7, 11) is 0. The summed E-state index contributed by atoms with van der Waals surface area (Å²) in [5, 5.41) is 7.43. The zero-order chi connectivity index (χ0) is 15.1. The third kappa shape index (κ3) is 12.2. The van der Waals surface area contributed by atoms with Crippen LogP contribution in [0.3, 0.4) is 0 Å². The van der Waals surface area contributed by atoms with Crippen LogP contribution in [0.2, 0.25) is 0 Å². The number of carbonyl (C=O) groups excluding carboxylic acids is 2. The molecule has 0 aromatic rings. The molecule has 0 aliphatic rings. The van der Waals surface area contributed by atoms with E-state index in [1.165, 1.54) is 12.4 Å². The third-order valence-corrected chi connectivity index (χ3v) is 2.14. The van der Waals surface area contributed by atoms with Gasteiger partial charge in [-0.3, -0.25) is 9.59 Å². The van der Waals surface area contributed by atoms with E-state index in [1.807, 2.05) is 26.0 Å². The van der Waals surface area contributed by atoms with E-state index in [2.05, 4.69) is 21.1 Å². The molecule has 0 saturated carbocycles. The van der Waals surface area contributed by atoms with Gasteiger partial charge in [0.1, 0.15) is 0 Å². The van der Waals surface area contributed by atoms with Gasteiger partial charge >= 0.3 is 0 Å². The van der Waals surface area contributed by atoms with Crippen molar-refractivity contribution < 1.29 is 9.59 Å². The van der Waals surface area contributed by atoms with Gasteiger partial charge in [0.15, 0.2) is 0 Å². The monoisotopic (exact) mass is 278 g/mol. The van der Waals surface area contributed by atoms with Gasteiger partial charge in [-0.25, -0.2) is 10.9 Å². The second-order valence-corrected chi connectivity index (χ2v) is 3.88. The van der Waals surface area contributed by atoms with Crippen LogP contribution in [-0.4, -0.2) is 24.2 Å². The molecule has 0 aromatic carbocycles. The van der Waals surface area contributed by atoms with Crippen LogP contribution in [0.15, 0.2) is 34.5 Å². The lowest BCUT2D eigenvalue weighted by Gasteiger charge is -2.00. The topological polar surface area (TPSA) is 82.9 Å². The summed E-state index contributed by atoms with van der Waals surface area (Å²) in [5.41, 5.74) is 4.80. The quantitative estimate of drug-likeness (QED) is 0.383. The molecule has 0 aromatic heterocycles. The first-order valence-electron chi connectivity index (χ1n) is 6.57. The van der Waals surface area contributed by atoms with Crippen LogP contribution in [0.1, 0.15) is 39.5 Å². The minimum Gasteiger partial charge on any atom is -0.273 e. The van der Waals surface area contributed by atoms with Crippen molar-refractivity contribution in [2.45, 2.75) is 39.5 Å². The average Bonchev–Trinajstić information content (AvgIpc) is 2.44. The number of nitrogens with one attached hydrogen (secondary N) is 2. The van der Waals surface area contributed by atoms with Crippen LogP contribution in [-0.2, 0) is 9.59 Å². The fraction of sp³-hybridized carbons (Fsp3) is 0.429. The first-order valence-corrected chi connectivity index (χ1v) is 6.57. The molecule has 0 aliphatic heterocycles. The second-order valence-electron chi connectivity index (χ2n) is 3.88. The van der Waals surface area contributed by atoms with Crippen molar-refractivity contribution in [3.8, 4) is 0 Å². The van der Waals surface area contributed by atoms with Crippen molar-refractivity contribution in [2.75, 3.05) is 0 Å². The number of allylic oxidation sites excluding steroid dienone is 4. The van der Waals surface area contributed by atoms with E-state index < -0.39 is 0 Å². The van der Waals surface area contributed by atoms with Crippen LogP contribution in [0, 0.1) is 0 Å². The highest BCUT2D eigenvalue weighted by molar-refractivity contribution is 5.79. The lowest BCUT2D eigenvalue weighted by atomic mass is 10.2. The van der Waals surface area contributed by atoms with Crippen LogP contribution in [0.25, 0.3) is 0 Å². The summed E-state index contributed by atoms with van der Waals surface area (Å²) in [6.07, 6.45) is 12.1. The van der Waals surface area contributed by atoms with Crippen LogP contribution < -0.4 is 10.9 Å². The molecule has 0 unspecified atom stereocenters. The number of amides is 2. The molecular formula is C14H22N4O2. The highest BCUT2D eigenvalue weighted by Crippen LogP contribution is 1.99. The normalized spacial score (nSPS) is 11.9. The van der Waals surface area contributed by atoms with Crippen molar-refractivity contribution >= 4 is 24.2 Å². The number of unbranched alkanes of at least 4 members (excludes halogenated alkanes) is 1. The maximum atomic E-state index is 11.3. The minimum atomic E-state index is -0.155. The number of rotatable bonds is 9. The van der Waals surface area contributed by atoms with Crippen LogP contribution >= 0.6 is 0 Å². The Kier molecular flexibility index (Phi) is 11.7. The molecule has 110 valence electrons. The smallest absolute Gasteiger partial charge is 0.240 e. The van der Waals surface area contributed by atoms with E-state index in [1.54, 1.807) is 12.2 Å². The Morgan fingerprint density at radius 2 is 1.25 bits per heavy atom. The fourth-order valence-corrected chi connectivity index (χ4v) is 1.16. The average molecular weight is 278 g/mol. The Bertz CT molecular complexity index is 360. The van der Waals surface area contributed by atoms with Gasteiger partial charge in [-0.15, -0.1) is 0 Å². The molecule has 0 aliphatic carbocycles. The number of hydrogen-bond acceptors (Lipinski definition) is 4. The molecule has 2 N–H and O–H groups in total. The van der Waals surface area contributed by atoms with E-state index in [-0.39, 0.29) is 11.8 Å². The van der Waals surface area contributed by atoms with Gasteiger partial charge in [0.25, 0.3) is 0 Å². The van der Waals surface area contributed by atoms with Crippen molar-refractivity contribution in [1.29, 1.82) is 0 Å². The Balaban J connectivity index is 3.60. The van der Waals surface area contributed by atoms with Crippen molar-refractivity contribution in [3.63, 3.8) is 0 Å². The summed E-state index contributed by atoms with van der Waals surface area (Å²) in [5.74, 6) is -0.311. The van der Waals surface area contributed by atoms with Gasteiger partial charge < -0.3 is 0 Å². The second kappa shape index (κ2) is 13.2. The molecule has 0 spiro atoms. The first kappa shape index (κ1) is 17.8. The maximum Gasteiger partial charge on any atom is 0.240 e. The van der Waals surface area contributed by atoms with E-state index in [0.29, 0.717) is 25.7 Å². The van der Waals surface area contributed by atoms with Crippen molar-refractivity contribution in [1.82, 2.24) is 10.9 Å². The van der Waals surface area contributed by atoms with Crippen molar-refractivity contribution in [3.05, 3.63) is 24.3 Å². The molecule has 0 heterocycles. The molecule has 20 heavy (non-hydrogen) atoms. The molecule has 6 nitrogen and oxygen atoms in total. The Morgan fingerprint density at radius 3 is 1.60 bits per heavy atom. The fourth-order valence-electron chi connectivity index (χ4n) is 1.16. The SMILES string of the molecule is C/C=C/C=N/NC(=O)CCCCC(=O)N/N=C/C=C/C. The first-order chi connectivity index (χ1) is 9.70. The predicted molar refractivity (Wildman–Crippen MR) is 81.4 cm³/mol. The van der Waals surface area contributed by atoms with E-state index in [4.69, 9.17) is 0 Å². The van der Waals surface area contributed by atoms with E-state index in [9.17, 15) is 9.59 Å². The largest absolute Gasteiger partial charge is 0.273 e. The summed E-state index contributed by atoms with van der Waals surface area (Å²) in [4.78, 5) is 22.6. The molecule has 2 amide bonds. The van der Waals surface area contributed by atoms with Gasteiger partial charge in [0, 0.05) is 25.3 Å². The molecule has 0 saturated heterocycles. The summed E-state index contributed by atoms with van der Waals surface area (Å²) < 4.78 is 0. The zero-order valence-corrected chi connectivity index (χ0v) is 12.0. The van der Waals surface area contributed by atoms with Crippen LogP contribution in [0.5, 0.6) is 0 Å². The highest BCUT2D eigenvalue weighted by atomic mass is 16.2. The molecule has 6 heteroatoms. The van der Waals surface area contributed by atoms with E-state index in [0.717, 1.165) is 0 Å². The van der Waals surface area contributed by atoms with Gasteiger partial charge in [0.2, 0.25) is 11.8 Å².